The summed E-state index contributed by atoms with van der Waals surface area (Å²) in [6, 6.07) is 14.7. The van der Waals surface area contributed by atoms with Crippen molar-refractivity contribution in [2.24, 2.45) is 5.92 Å². The minimum Gasteiger partial charge on any atom is -0.335 e. The predicted molar refractivity (Wildman–Crippen MR) is 128 cm³/mol. The van der Waals surface area contributed by atoms with Gasteiger partial charge in [-0.3, -0.25) is 4.79 Å². The Morgan fingerprint density at radius 1 is 1.00 bits per heavy atom. The molecule has 0 unspecified atom stereocenters. The first-order valence-electron chi connectivity index (χ1n) is 11.4. The lowest BCUT2D eigenvalue weighted by molar-refractivity contribution is 0.0560. The number of hydrogen-bond donors (Lipinski definition) is 0. The van der Waals surface area contributed by atoms with E-state index in [0.717, 1.165) is 50.5 Å². The summed E-state index contributed by atoms with van der Waals surface area (Å²) in [4.78, 5) is 18.1. The lowest BCUT2D eigenvalue weighted by Gasteiger charge is -2.39. The molecule has 0 radical (unpaired) electrons. The number of hydrogen-bond acceptors (Lipinski definition) is 4. The van der Waals surface area contributed by atoms with E-state index in [4.69, 9.17) is 11.6 Å². The van der Waals surface area contributed by atoms with Gasteiger partial charge in [-0.1, -0.05) is 23.7 Å². The summed E-state index contributed by atoms with van der Waals surface area (Å²) in [5, 5.41) is 0.765. The molecule has 5 nitrogen and oxygen atoms in total. The normalized spacial score (nSPS) is 17.9. The fourth-order valence-corrected chi connectivity index (χ4v) is 5.14. The van der Waals surface area contributed by atoms with E-state index in [1.165, 1.54) is 36.8 Å². The van der Waals surface area contributed by atoms with Crippen molar-refractivity contribution in [2.45, 2.75) is 43.0 Å². The first-order chi connectivity index (χ1) is 15.3. The van der Waals surface area contributed by atoms with E-state index < -0.39 is 9.84 Å². The van der Waals surface area contributed by atoms with Crippen LogP contribution in [0.3, 0.4) is 0 Å². The van der Waals surface area contributed by atoms with Gasteiger partial charge in [0.15, 0.2) is 9.84 Å². The summed E-state index contributed by atoms with van der Waals surface area (Å²) >= 11 is 5.97. The number of carbonyl (C=O) groups excluding carboxylic acids is 1. The van der Waals surface area contributed by atoms with Crippen LogP contribution in [0.1, 0.15) is 41.6 Å². The predicted octanol–water partition coefficient (Wildman–Crippen LogP) is 4.30. The summed E-state index contributed by atoms with van der Waals surface area (Å²) in [6.45, 7) is 3.79. The van der Waals surface area contributed by atoms with Gasteiger partial charge in [-0.05, 0) is 80.0 Å². The second-order valence-corrected chi connectivity index (χ2v) is 11.6. The Bertz CT molecular complexity index is 1030. The second-order valence-electron chi connectivity index (χ2n) is 9.15. The molecule has 0 bridgehead atoms. The Labute approximate surface area is 196 Å². The van der Waals surface area contributed by atoms with Crippen LogP contribution in [0.5, 0.6) is 0 Å². The van der Waals surface area contributed by atoms with E-state index in [1.807, 2.05) is 12.1 Å². The van der Waals surface area contributed by atoms with Crippen molar-refractivity contribution >= 4 is 27.3 Å². The largest absolute Gasteiger partial charge is 0.335 e. The molecule has 2 aliphatic rings. The van der Waals surface area contributed by atoms with Crippen LogP contribution in [0.4, 0.5) is 0 Å². The van der Waals surface area contributed by atoms with E-state index in [-0.39, 0.29) is 16.8 Å². The highest BCUT2D eigenvalue weighted by Gasteiger charge is 2.33. The SMILES string of the molecule is CS(=O)(=O)c1ccc(C(=O)N(CC2CC2)C2CCN(CCc3ccc(Cl)cc3)CC2)cc1. The molecule has 1 saturated carbocycles. The van der Waals surface area contributed by atoms with Crippen LogP contribution in [0, 0.1) is 5.92 Å². The molecule has 1 aliphatic carbocycles. The Hall–Kier alpha value is -1.89. The van der Waals surface area contributed by atoms with E-state index in [1.54, 1.807) is 12.1 Å². The van der Waals surface area contributed by atoms with Gasteiger partial charge in [-0.2, -0.15) is 0 Å². The van der Waals surface area contributed by atoms with Crippen LogP contribution in [0.15, 0.2) is 53.4 Å². The second kappa shape index (κ2) is 9.94. The van der Waals surface area contributed by atoms with Gasteiger partial charge in [0.05, 0.1) is 4.90 Å². The fourth-order valence-electron chi connectivity index (χ4n) is 4.38. The number of likely N-dealkylation sites (tertiary alicyclic amines) is 1. The van der Waals surface area contributed by atoms with Gasteiger partial charge >= 0.3 is 0 Å². The summed E-state index contributed by atoms with van der Waals surface area (Å²) < 4.78 is 23.5. The number of amides is 1. The van der Waals surface area contributed by atoms with Crippen LogP contribution in [0.2, 0.25) is 5.02 Å². The third-order valence-electron chi connectivity index (χ3n) is 6.57. The van der Waals surface area contributed by atoms with E-state index >= 15 is 0 Å². The van der Waals surface area contributed by atoms with Gasteiger partial charge < -0.3 is 9.80 Å². The number of halogens is 1. The van der Waals surface area contributed by atoms with Crippen LogP contribution in [-0.4, -0.2) is 62.6 Å². The highest BCUT2D eigenvalue weighted by Crippen LogP contribution is 2.32. The number of sulfone groups is 1. The summed E-state index contributed by atoms with van der Waals surface area (Å²) in [5.74, 6) is 0.633. The number of carbonyl (C=O) groups is 1. The summed E-state index contributed by atoms with van der Waals surface area (Å²) in [6.07, 6.45) is 6.51. The molecule has 0 spiro atoms. The van der Waals surface area contributed by atoms with Crippen molar-refractivity contribution in [2.75, 3.05) is 32.4 Å². The lowest BCUT2D eigenvalue weighted by atomic mass is 10.0. The lowest BCUT2D eigenvalue weighted by Crippen LogP contribution is -2.48. The summed E-state index contributed by atoms with van der Waals surface area (Å²) in [5.41, 5.74) is 1.86. The maximum absolute atomic E-state index is 13.3. The van der Waals surface area contributed by atoms with Gasteiger partial charge in [0.2, 0.25) is 0 Å². The topological polar surface area (TPSA) is 57.7 Å². The number of piperidine rings is 1. The standard InChI is InChI=1S/C25H31ClN2O3S/c1-32(30,31)24-10-6-21(7-11-24)25(29)28(18-20-2-3-20)23-13-16-27(17-14-23)15-12-19-4-8-22(26)9-5-19/h4-11,20,23H,2-3,12-18H2,1H3. The Morgan fingerprint density at radius 2 is 1.62 bits per heavy atom. The Balaban J connectivity index is 1.36. The van der Waals surface area contributed by atoms with Crippen LogP contribution >= 0.6 is 11.6 Å². The molecule has 32 heavy (non-hydrogen) atoms. The molecule has 4 rings (SSSR count). The van der Waals surface area contributed by atoms with Crippen LogP contribution in [0.25, 0.3) is 0 Å². The average molecular weight is 475 g/mol. The zero-order chi connectivity index (χ0) is 22.7. The molecule has 0 N–H and O–H groups in total. The number of benzene rings is 2. The molecule has 0 aromatic heterocycles. The van der Waals surface area contributed by atoms with Crippen LogP contribution in [-0.2, 0) is 16.3 Å². The van der Waals surface area contributed by atoms with E-state index in [9.17, 15) is 13.2 Å². The number of rotatable bonds is 8. The quantitative estimate of drug-likeness (QED) is 0.572. The molecule has 0 atom stereocenters. The van der Waals surface area contributed by atoms with Crippen molar-refractivity contribution in [3.63, 3.8) is 0 Å². The molecule has 1 heterocycles. The molecule has 1 aliphatic heterocycles. The van der Waals surface area contributed by atoms with Crippen molar-refractivity contribution in [1.29, 1.82) is 0 Å². The molecule has 1 amide bonds. The highest BCUT2D eigenvalue weighted by atomic mass is 35.5. The molecular weight excluding hydrogens is 444 g/mol. The maximum Gasteiger partial charge on any atom is 0.254 e. The van der Waals surface area contributed by atoms with Crippen molar-refractivity contribution < 1.29 is 13.2 Å². The fraction of sp³-hybridized carbons (Fsp3) is 0.480. The van der Waals surface area contributed by atoms with Crippen LogP contribution < -0.4 is 0 Å². The number of nitrogens with zero attached hydrogens (tertiary/aromatic N) is 2. The Kier molecular flexibility index (Phi) is 7.23. The third-order valence-corrected chi connectivity index (χ3v) is 7.95. The van der Waals surface area contributed by atoms with Gasteiger partial charge in [0.1, 0.15) is 0 Å². The molecule has 172 valence electrons. The molecular formula is C25H31ClN2O3S. The summed E-state index contributed by atoms with van der Waals surface area (Å²) in [7, 11) is -3.27. The maximum atomic E-state index is 13.3. The van der Waals surface area contributed by atoms with Crippen molar-refractivity contribution in [1.82, 2.24) is 9.80 Å². The third kappa shape index (κ3) is 6.12. The van der Waals surface area contributed by atoms with Crippen molar-refractivity contribution in [3.8, 4) is 0 Å². The van der Waals surface area contributed by atoms with E-state index in [2.05, 4.69) is 21.9 Å². The first-order valence-corrected chi connectivity index (χ1v) is 13.6. The zero-order valence-corrected chi connectivity index (χ0v) is 20.1. The smallest absolute Gasteiger partial charge is 0.254 e. The minimum absolute atomic E-state index is 0.0246. The van der Waals surface area contributed by atoms with Gasteiger partial charge in [0.25, 0.3) is 5.91 Å². The molecule has 2 aromatic carbocycles. The van der Waals surface area contributed by atoms with Crippen molar-refractivity contribution in [3.05, 3.63) is 64.7 Å². The monoisotopic (exact) mass is 474 g/mol. The van der Waals surface area contributed by atoms with E-state index in [0.29, 0.717) is 11.5 Å². The molecule has 2 fully saturated rings. The highest BCUT2D eigenvalue weighted by molar-refractivity contribution is 7.90. The average Bonchev–Trinajstić information content (AvgIpc) is 3.61. The van der Waals surface area contributed by atoms with Gasteiger partial charge in [-0.15, -0.1) is 0 Å². The minimum atomic E-state index is -3.27. The first kappa shape index (κ1) is 23.3. The van der Waals surface area contributed by atoms with Gasteiger partial charge in [0, 0.05) is 49.1 Å². The van der Waals surface area contributed by atoms with Gasteiger partial charge in [-0.25, -0.2) is 8.42 Å². The zero-order valence-electron chi connectivity index (χ0n) is 18.5. The molecule has 2 aromatic rings. The Morgan fingerprint density at radius 3 is 2.19 bits per heavy atom. The molecule has 7 heteroatoms. The molecule has 1 saturated heterocycles.